The summed E-state index contributed by atoms with van der Waals surface area (Å²) in [6.45, 7) is 11.6. The molecule has 0 saturated carbocycles. The number of benzene rings is 3. The number of fused-ring (bicyclic) bond motifs is 1. The number of Topliss-reactive ketones (excluding diaryl/α,β-unsaturated/α-hetero) is 1. The minimum atomic E-state index is -1.42. The Labute approximate surface area is 224 Å². The number of ether oxygens (including phenoxy) is 2. The average molecular weight is 514 g/mol. The third-order valence-corrected chi connectivity index (χ3v) is 6.68. The fourth-order valence-corrected chi connectivity index (χ4v) is 4.86. The van der Waals surface area contributed by atoms with Gasteiger partial charge in [0.15, 0.2) is 5.78 Å². The van der Waals surface area contributed by atoms with E-state index in [0.717, 1.165) is 22.4 Å². The molecule has 3 aromatic carbocycles. The molecule has 3 aromatic rings. The summed E-state index contributed by atoms with van der Waals surface area (Å²) in [4.78, 5) is 25.7. The van der Waals surface area contributed by atoms with Gasteiger partial charge in [0.05, 0.1) is 18.6 Å². The van der Waals surface area contributed by atoms with Crippen LogP contribution in [0.2, 0.25) is 0 Å². The molecule has 1 aliphatic rings. The number of anilines is 1. The van der Waals surface area contributed by atoms with Crippen LogP contribution < -0.4 is 14.8 Å². The van der Waals surface area contributed by atoms with Crippen LogP contribution in [0, 0.1) is 12.8 Å². The van der Waals surface area contributed by atoms with Crippen LogP contribution in [0.25, 0.3) is 16.7 Å². The van der Waals surface area contributed by atoms with E-state index in [1.54, 1.807) is 44.2 Å². The van der Waals surface area contributed by atoms with Crippen LogP contribution in [-0.2, 0) is 4.79 Å². The lowest BCUT2D eigenvalue weighted by Gasteiger charge is -2.34. The molecule has 6 nitrogen and oxygen atoms in total. The SMILES string of the molecule is COc1cc(OC(=O)C(C)C)ccc1-c1ccc2c(c1C(O)C(=O)c1ccc(C)cc1)C(C)=CC(C)(C)N2. The summed E-state index contributed by atoms with van der Waals surface area (Å²) in [6, 6.07) is 16.2. The van der Waals surface area contributed by atoms with Gasteiger partial charge in [0.2, 0.25) is 0 Å². The predicted molar refractivity (Wildman–Crippen MR) is 151 cm³/mol. The Morgan fingerprint density at radius 1 is 0.947 bits per heavy atom. The van der Waals surface area contributed by atoms with Crippen molar-refractivity contribution in [1.29, 1.82) is 0 Å². The molecule has 0 aromatic heterocycles. The van der Waals surface area contributed by atoms with Crippen molar-refractivity contribution in [3.8, 4) is 22.6 Å². The number of nitrogens with one attached hydrogen (secondary N) is 1. The van der Waals surface area contributed by atoms with Gasteiger partial charge >= 0.3 is 5.97 Å². The maximum Gasteiger partial charge on any atom is 0.313 e. The third kappa shape index (κ3) is 5.36. The van der Waals surface area contributed by atoms with E-state index in [9.17, 15) is 14.7 Å². The van der Waals surface area contributed by atoms with E-state index in [1.807, 2.05) is 38.1 Å². The number of carbonyl (C=O) groups excluding carboxylic acids is 2. The summed E-state index contributed by atoms with van der Waals surface area (Å²) in [6.07, 6.45) is 0.675. The highest BCUT2D eigenvalue weighted by atomic mass is 16.5. The van der Waals surface area contributed by atoms with Crippen molar-refractivity contribution in [3.63, 3.8) is 0 Å². The van der Waals surface area contributed by atoms with Crippen molar-refractivity contribution >= 4 is 23.0 Å². The summed E-state index contributed by atoms with van der Waals surface area (Å²) < 4.78 is 11.2. The first-order chi connectivity index (χ1) is 17.9. The second-order valence-corrected chi connectivity index (χ2v) is 10.7. The molecule has 1 atom stereocenters. The van der Waals surface area contributed by atoms with E-state index in [0.29, 0.717) is 33.8 Å². The monoisotopic (exact) mass is 513 g/mol. The highest BCUT2D eigenvalue weighted by Crippen LogP contribution is 2.46. The van der Waals surface area contributed by atoms with Gasteiger partial charge in [0, 0.05) is 34.0 Å². The maximum atomic E-state index is 13.6. The van der Waals surface area contributed by atoms with Crippen molar-refractivity contribution < 1.29 is 24.2 Å². The lowest BCUT2D eigenvalue weighted by atomic mass is 9.81. The van der Waals surface area contributed by atoms with Crippen molar-refractivity contribution in [3.05, 3.63) is 82.9 Å². The van der Waals surface area contributed by atoms with Crippen molar-refractivity contribution in [1.82, 2.24) is 0 Å². The predicted octanol–water partition coefficient (Wildman–Crippen LogP) is 6.76. The van der Waals surface area contributed by atoms with Crippen LogP contribution in [0.15, 0.2) is 60.7 Å². The molecule has 0 bridgehead atoms. The second kappa shape index (κ2) is 10.5. The van der Waals surface area contributed by atoms with Crippen molar-refractivity contribution in [2.45, 2.75) is 53.2 Å². The largest absolute Gasteiger partial charge is 0.496 e. The normalized spacial score (nSPS) is 14.7. The van der Waals surface area contributed by atoms with E-state index in [4.69, 9.17) is 9.47 Å². The fourth-order valence-electron chi connectivity index (χ4n) is 4.86. The first-order valence-corrected chi connectivity index (χ1v) is 12.8. The van der Waals surface area contributed by atoms with Gasteiger partial charge in [-0.1, -0.05) is 55.8 Å². The maximum absolute atomic E-state index is 13.6. The summed E-state index contributed by atoms with van der Waals surface area (Å²) in [5.41, 5.74) is 5.57. The molecule has 0 amide bonds. The third-order valence-electron chi connectivity index (χ3n) is 6.68. The lowest BCUT2D eigenvalue weighted by molar-refractivity contribution is -0.137. The summed E-state index contributed by atoms with van der Waals surface area (Å²) in [7, 11) is 1.54. The fraction of sp³-hybridized carbons (Fsp3) is 0.312. The number of hydrogen-bond acceptors (Lipinski definition) is 6. The molecule has 0 saturated heterocycles. The van der Waals surface area contributed by atoms with Crippen LogP contribution in [0.5, 0.6) is 11.5 Å². The molecule has 1 unspecified atom stereocenters. The highest BCUT2D eigenvalue weighted by Gasteiger charge is 2.32. The van der Waals surface area contributed by atoms with Crippen LogP contribution in [0.1, 0.15) is 67.8 Å². The average Bonchev–Trinajstić information content (AvgIpc) is 2.87. The topological polar surface area (TPSA) is 84.9 Å². The number of hydrogen-bond donors (Lipinski definition) is 2. The Balaban J connectivity index is 1.90. The molecule has 4 rings (SSSR count). The smallest absolute Gasteiger partial charge is 0.313 e. The zero-order chi connectivity index (χ0) is 27.8. The number of aliphatic hydroxyl groups is 1. The second-order valence-electron chi connectivity index (χ2n) is 10.7. The Morgan fingerprint density at radius 2 is 1.61 bits per heavy atom. The molecule has 2 N–H and O–H groups in total. The van der Waals surface area contributed by atoms with Crippen LogP contribution in [0.4, 0.5) is 5.69 Å². The van der Waals surface area contributed by atoms with Gasteiger partial charge in [-0.2, -0.15) is 0 Å². The number of ketones is 1. The van der Waals surface area contributed by atoms with Gasteiger partial charge in [-0.3, -0.25) is 9.59 Å². The standard InChI is InChI=1S/C32H35NO5/c1-18(2)31(36)38-22-12-13-23(26(16-22)37-7)24-14-15-25-27(20(4)17-32(5,6)33-25)28(24)30(35)29(34)21-10-8-19(3)9-11-21/h8-18,30,33,35H,1-7H3. The van der Waals surface area contributed by atoms with Crippen LogP contribution in [-0.4, -0.2) is 29.5 Å². The number of carbonyl (C=O) groups is 2. The summed E-state index contributed by atoms with van der Waals surface area (Å²) in [5.74, 6) is -0.190. The summed E-state index contributed by atoms with van der Waals surface area (Å²) >= 11 is 0. The minimum Gasteiger partial charge on any atom is -0.496 e. The van der Waals surface area contributed by atoms with E-state index in [2.05, 4.69) is 25.2 Å². The molecule has 1 aliphatic heterocycles. The number of allylic oxidation sites excluding steroid dienone is 1. The molecule has 6 heteroatoms. The van der Waals surface area contributed by atoms with Crippen LogP contribution >= 0.6 is 0 Å². The first-order valence-electron chi connectivity index (χ1n) is 12.8. The number of aliphatic hydroxyl groups excluding tert-OH is 1. The van der Waals surface area contributed by atoms with Gasteiger partial charge in [-0.05, 0) is 57.0 Å². The molecule has 0 fully saturated rings. The van der Waals surface area contributed by atoms with E-state index in [-0.39, 0.29) is 17.4 Å². The van der Waals surface area contributed by atoms with Gasteiger partial charge in [-0.15, -0.1) is 0 Å². The molecular formula is C32H35NO5. The Morgan fingerprint density at radius 3 is 2.24 bits per heavy atom. The highest BCUT2D eigenvalue weighted by molar-refractivity contribution is 6.03. The quantitative estimate of drug-likeness (QED) is 0.206. The Kier molecular flexibility index (Phi) is 7.47. The number of rotatable bonds is 7. The number of aryl methyl sites for hydroxylation is 1. The van der Waals surface area contributed by atoms with Gasteiger partial charge in [0.25, 0.3) is 0 Å². The zero-order valence-electron chi connectivity index (χ0n) is 23.0. The Hall–Kier alpha value is -3.90. The molecule has 198 valence electrons. The zero-order valence-corrected chi connectivity index (χ0v) is 23.0. The lowest BCUT2D eigenvalue weighted by Crippen LogP contribution is -2.32. The van der Waals surface area contributed by atoms with E-state index < -0.39 is 11.9 Å². The van der Waals surface area contributed by atoms with Crippen LogP contribution in [0.3, 0.4) is 0 Å². The van der Waals surface area contributed by atoms with Crippen molar-refractivity contribution in [2.75, 3.05) is 12.4 Å². The minimum absolute atomic E-state index is 0.276. The van der Waals surface area contributed by atoms with E-state index >= 15 is 0 Å². The van der Waals surface area contributed by atoms with Crippen molar-refractivity contribution in [2.24, 2.45) is 5.92 Å². The molecule has 0 radical (unpaired) electrons. The van der Waals surface area contributed by atoms with E-state index in [1.165, 1.54) is 7.11 Å². The summed E-state index contributed by atoms with van der Waals surface area (Å²) in [5, 5.41) is 15.2. The van der Waals surface area contributed by atoms with Gasteiger partial charge in [-0.25, -0.2) is 0 Å². The molecule has 38 heavy (non-hydrogen) atoms. The molecule has 0 spiro atoms. The number of methoxy groups -OCH3 is 1. The van der Waals surface area contributed by atoms with Gasteiger partial charge < -0.3 is 19.9 Å². The molecule has 1 heterocycles. The first kappa shape index (κ1) is 27.1. The molecule has 0 aliphatic carbocycles. The Bertz CT molecular complexity index is 1420. The molecular weight excluding hydrogens is 478 g/mol. The van der Waals surface area contributed by atoms with Gasteiger partial charge in [0.1, 0.15) is 17.6 Å². The number of esters is 1.